The van der Waals surface area contributed by atoms with Crippen LogP contribution >= 0.6 is 18.5 Å². The zero-order valence-electron chi connectivity index (χ0n) is 17.2. The van der Waals surface area contributed by atoms with Crippen molar-refractivity contribution in [2.45, 2.75) is 6.54 Å². The van der Waals surface area contributed by atoms with E-state index in [-0.39, 0.29) is 18.7 Å². The summed E-state index contributed by atoms with van der Waals surface area (Å²) in [6.45, 7) is 3.20. The summed E-state index contributed by atoms with van der Waals surface area (Å²) in [4.78, 5) is 26.3. The molecule has 0 aliphatic heterocycles. The molecule has 31 heavy (non-hydrogen) atoms. The number of amides is 2. The lowest BCUT2D eigenvalue weighted by atomic mass is 10.1. The summed E-state index contributed by atoms with van der Waals surface area (Å²) in [6, 6.07) is 16.1. The Hall–Kier alpha value is -3.09. The molecule has 0 saturated heterocycles. The molecule has 4 N–H and O–H groups in total. The Morgan fingerprint density at radius 2 is 1.84 bits per heavy atom. The van der Waals surface area contributed by atoms with Gasteiger partial charge in [0.2, 0.25) is 0 Å². The number of hydrogen-bond acceptors (Lipinski definition) is 5. The number of thiophene rings is 1. The van der Waals surface area contributed by atoms with E-state index >= 15 is 0 Å². The fraction of sp³-hybridized carbons (Fsp3) is 0.182. The maximum atomic E-state index is 12.7. The minimum atomic E-state index is -2.53. The van der Waals surface area contributed by atoms with Gasteiger partial charge in [0.05, 0.1) is 17.7 Å². The van der Waals surface area contributed by atoms with Crippen LogP contribution in [0, 0.1) is 0 Å². The maximum absolute atomic E-state index is 12.7. The van der Waals surface area contributed by atoms with E-state index < -0.39 is 13.2 Å². The van der Waals surface area contributed by atoms with E-state index in [2.05, 4.69) is 5.32 Å². The van der Waals surface area contributed by atoms with E-state index in [1.54, 1.807) is 55.0 Å². The molecule has 2 amide bonds. The predicted molar refractivity (Wildman–Crippen MR) is 126 cm³/mol. The second-order valence-corrected chi connectivity index (χ2v) is 12.0. The quantitative estimate of drug-likeness (QED) is 0.329. The standard InChI is InChI=1S/C22H24N3O4PS/c1-30(2,29)14-25(22(27)28)13-15-5-7-16(8-6-15)21(26)24-19-12-17(9-10-18(19)23)20-4-3-11-31-20/h3-12H,13-14,23H2,1-2H3,(H,24,26)(H,27,28). The first-order valence-corrected chi connectivity index (χ1v) is 13.1. The third-order valence-corrected chi connectivity index (χ3v) is 6.42. The molecule has 0 saturated carbocycles. The number of carboxylic acid groups (broad SMARTS) is 1. The Labute approximate surface area is 184 Å². The van der Waals surface area contributed by atoms with Crippen molar-refractivity contribution in [3.05, 3.63) is 71.1 Å². The van der Waals surface area contributed by atoms with E-state index in [9.17, 15) is 19.3 Å². The van der Waals surface area contributed by atoms with Crippen LogP contribution in [0.2, 0.25) is 0 Å². The predicted octanol–water partition coefficient (Wildman–Crippen LogP) is 5.31. The van der Waals surface area contributed by atoms with Crippen LogP contribution < -0.4 is 11.1 Å². The normalized spacial score (nSPS) is 11.2. The summed E-state index contributed by atoms with van der Waals surface area (Å²) < 4.78 is 12.0. The van der Waals surface area contributed by atoms with Crippen molar-refractivity contribution in [2.75, 3.05) is 30.7 Å². The first kappa shape index (κ1) is 22.6. The minimum absolute atomic E-state index is 0.0234. The average Bonchev–Trinajstić information content (AvgIpc) is 3.23. The Balaban J connectivity index is 1.71. The molecule has 2 aromatic carbocycles. The molecule has 0 spiro atoms. The van der Waals surface area contributed by atoms with Crippen molar-refractivity contribution >= 4 is 41.9 Å². The maximum Gasteiger partial charge on any atom is 0.408 e. The molecule has 7 nitrogen and oxygen atoms in total. The summed E-state index contributed by atoms with van der Waals surface area (Å²) >= 11 is 1.60. The number of carbonyl (C=O) groups excluding carboxylic acids is 1. The molecule has 9 heteroatoms. The highest BCUT2D eigenvalue weighted by atomic mass is 32.1. The molecular weight excluding hydrogens is 433 g/mol. The molecule has 0 unspecified atom stereocenters. The van der Waals surface area contributed by atoms with Gasteiger partial charge in [0.25, 0.3) is 5.91 Å². The molecular formula is C22H24N3O4PS. The number of anilines is 2. The lowest BCUT2D eigenvalue weighted by molar-refractivity contribution is 0.102. The van der Waals surface area contributed by atoms with Gasteiger partial charge in [-0.05, 0) is 60.2 Å². The fourth-order valence-corrected chi connectivity index (χ4v) is 4.79. The SMILES string of the molecule is CP(C)(=O)CN(Cc1ccc(C(=O)Nc2cc(-c3cccs3)ccc2N)cc1)C(=O)O. The van der Waals surface area contributed by atoms with Crippen LogP contribution in [0.3, 0.4) is 0 Å². The van der Waals surface area contributed by atoms with E-state index in [0.29, 0.717) is 22.5 Å². The van der Waals surface area contributed by atoms with Crippen molar-refractivity contribution in [3.63, 3.8) is 0 Å². The van der Waals surface area contributed by atoms with E-state index in [1.807, 2.05) is 29.6 Å². The summed E-state index contributed by atoms with van der Waals surface area (Å²) in [6.07, 6.45) is -1.16. The van der Waals surface area contributed by atoms with Crippen LogP contribution in [0.5, 0.6) is 0 Å². The molecule has 162 valence electrons. The number of rotatable bonds is 7. The van der Waals surface area contributed by atoms with Crippen molar-refractivity contribution in [2.24, 2.45) is 0 Å². The van der Waals surface area contributed by atoms with E-state index in [4.69, 9.17) is 5.73 Å². The van der Waals surface area contributed by atoms with Gasteiger partial charge in [-0.25, -0.2) is 4.79 Å². The third-order valence-electron chi connectivity index (χ3n) is 4.48. The fourth-order valence-electron chi connectivity index (χ4n) is 3.03. The largest absolute Gasteiger partial charge is 0.465 e. The first-order valence-electron chi connectivity index (χ1n) is 9.48. The molecule has 0 aliphatic rings. The van der Waals surface area contributed by atoms with Crippen LogP contribution in [0.4, 0.5) is 16.2 Å². The van der Waals surface area contributed by atoms with Crippen molar-refractivity contribution in [1.29, 1.82) is 0 Å². The Morgan fingerprint density at radius 3 is 2.42 bits per heavy atom. The lowest BCUT2D eigenvalue weighted by Crippen LogP contribution is -2.29. The van der Waals surface area contributed by atoms with Crippen LogP contribution in [0.25, 0.3) is 10.4 Å². The summed E-state index contributed by atoms with van der Waals surface area (Å²) in [5, 5.41) is 14.2. The zero-order chi connectivity index (χ0) is 22.6. The van der Waals surface area contributed by atoms with Gasteiger partial charge in [-0.15, -0.1) is 11.3 Å². The topological polar surface area (TPSA) is 113 Å². The van der Waals surface area contributed by atoms with E-state index in [1.165, 1.54) is 0 Å². The van der Waals surface area contributed by atoms with Crippen LogP contribution in [0.1, 0.15) is 15.9 Å². The van der Waals surface area contributed by atoms with Crippen molar-refractivity contribution in [3.8, 4) is 10.4 Å². The summed E-state index contributed by atoms with van der Waals surface area (Å²) in [7, 11) is -2.53. The van der Waals surface area contributed by atoms with Gasteiger partial charge in [-0.2, -0.15) is 0 Å². The Kier molecular flexibility index (Phi) is 6.83. The molecule has 1 aromatic heterocycles. The van der Waals surface area contributed by atoms with Crippen LogP contribution in [-0.2, 0) is 11.1 Å². The molecule has 3 aromatic rings. The highest BCUT2D eigenvalue weighted by Gasteiger charge is 2.19. The molecule has 0 fully saturated rings. The van der Waals surface area contributed by atoms with E-state index in [0.717, 1.165) is 15.3 Å². The number of nitrogens with one attached hydrogen (secondary N) is 1. The van der Waals surface area contributed by atoms with Crippen LogP contribution in [0.15, 0.2) is 60.0 Å². The minimum Gasteiger partial charge on any atom is -0.465 e. The molecule has 3 rings (SSSR count). The highest BCUT2D eigenvalue weighted by molar-refractivity contribution is 7.62. The van der Waals surface area contributed by atoms with Crippen molar-refractivity contribution in [1.82, 2.24) is 4.90 Å². The summed E-state index contributed by atoms with van der Waals surface area (Å²) in [5.41, 5.74) is 9.11. The van der Waals surface area contributed by atoms with Gasteiger partial charge in [-0.1, -0.05) is 24.3 Å². The van der Waals surface area contributed by atoms with Crippen LogP contribution in [-0.4, -0.2) is 41.6 Å². The average molecular weight is 457 g/mol. The molecule has 0 aliphatic carbocycles. The summed E-state index contributed by atoms with van der Waals surface area (Å²) in [5.74, 6) is -0.316. The van der Waals surface area contributed by atoms with Gasteiger partial charge < -0.3 is 20.7 Å². The Morgan fingerprint density at radius 1 is 1.13 bits per heavy atom. The number of nitrogen functional groups attached to an aromatic ring is 1. The number of nitrogens with zero attached hydrogens (tertiary/aromatic N) is 1. The van der Waals surface area contributed by atoms with Gasteiger partial charge >= 0.3 is 6.09 Å². The third kappa shape index (κ3) is 6.20. The van der Waals surface area contributed by atoms with Gasteiger partial charge in [-0.3, -0.25) is 9.69 Å². The smallest absolute Gasteiger partial charge is 0.408 e. The first-order chi connectivity index (χ1) is 14.6. The molecule has 0 radical (unpaired) electrons. The second-order valence-electron chi connectivity index (χ2n) is 7.63. The number of benzene rings is 2. The number of carbonyl (C=O) groups is 2. The molecule has 0 bridgehead atoms. The van der Waals surface area contributed by atoms with Crippen molar-refractivity contribution < 1.29 is 19.3 Å². The van der Waals surface area contributed by atoms with Gasteiger partial charge in [0.1, 0.15) is 7.14 Å². The Bertz CT molecular complexity index is 1120. The number of nitrogens with two attached hydrogens (primary N) is 1. The second kappa shape index (κ2) is 9.37. The number of hydrogen-bond donors (Lipinski definition) is 3. The monoisotopic (exact) mass is 457 g/mol. The zero-order valence-corrected chi connectivity index (χ0v) is 19.0. The van der Waals surface area contributed by atoms with Gasteiger partial charge in [0.15, 0.2) is 0 Å². The lowest BCUT2D eigenvalue weighted by Gasteiger charge is -2.21. The highest BCUT2D eigenvalue weighted by Crippen LogP contribution is 2.37. The molecule has 1 heterocycles. The molecule has 0 atom stereocenters. The van der Waals surface area contributed by atoms with Gasteiger partial charge in [0, 0.05) is 17.0 Å².